The molecule has 0 radical (unpaired) electrons. The van der Waals surface area contributed by atoms with Gasteiger partial charge in [-0.05, 0) is 30.3 Å². The molecule has 0 aliphatic rings. The molecule has 3 aromatic rings. The third-order valence-electron chi connectivity index (χ3n) is 2.91. The van der Waals surface area contributed by atoms with E-state index in [1.54, 1.807) is 28.8 Å². The number of anilines is 1. The van der Waals surface area contributed by atoms with Crippen LogP contribution in [0.25, 0.3) is 16.7 Å². The molecule has 0 amide bonds. The third-order valence-corrected chi connectivity index (χ3v) is 3.14. The van der Waals surface area contributed by atoms with Gasteiger partial charge in [0.1, 0.15) is 6.07 Å². The molecule has 0 atom stereocenters. The van der Waals surface area contributed by atoms with Gasteiger partial charge in [0, 0.05) is 5.02 Å². The van der Waals surface area contributed by atoms with Crippen LogP contribution in [0, 0.1) is 11.3 Å². The molecular formula is C14H9ClN4. The Morgan fingerprint density at radius 2 is 2.00 bits per heavy atom. The lowest BCUT2D eigenvalue weighted by Crippen LogP contribution is -2.02. The minimum absolute atomic E-state index is 0.333. The quantitative estimate of drug-likeness (QED) is 0.737. The molecule has 3 rings (SSSR count). The zero-order chi connectivity index (χ0) is 13.4. The van der Waals surface area contributed by atoms with Gasteiger partial charge in [-0.3, -0.25) is 4.57 Å². The van der Waals surface area contributed by atoms with Gasteiger partial charge >= 0.3 is 0 Å². The summed E-state index contributed by atoms with van der Waals surface area (Å²) < 4.78 is 1.74. The van der Waals surface area contributed by atoms with E-state index in [-0.39, 0.29) is 0 Å². The molecule has 0 bridgehead atoms. The lowest BCUT2D eigenvalue weighted by molar-refractivity contribution is 1.10. The van der Waals surface area contributed by atoms with E-state index in [9.17, 15) is 5.26 Å². The van der Waals surface area contributed by atoms with Crippen molar-refractivity contribution < 1.29 is 0 Å². The first-order valence-electron chi connectivity index (χ1n) is 5.63. The van der Waals surface area contributed by atoms with Gasteiger partial charge in [0.15, 0.2) is 0 Å². The topological polar surface area (TPSA) is 67.6 Å². The number of imidazole rings is 1. The number of aromatic nitrogens is 2. The Balaban J connectivity index is 2.39. The number of hydrogen-bond acceptors (Lipinski definition) is 3. The van der Waals surface area contributed by atoms with Crippen molar-refractivity contribution in [2.75, 3.05) is 5.73 Å². The van der Waals surface area contributed by atoms with Crippen molar-refractivity contribution in [3.8, 4) is 11.8 Å². The number of benzene rings is 2. The molecule has 0 spiro atoms. The van der Waals surface area contributed by atoms with Gasteiger partial charge in [0.2, 0.25) is 5.95 Å². The summed E-state index contributed by atoms with van der Waals surface area (Å²) in [5.74, 6) is 0.333. The zero-order valence-electron chi connectivity index (χ0n) is 9.84. The molecule has 0 aliphatic carbocycles. The first-order chi connectivity index (χ1) is 9.20. The second-order valence-electron chi connectivity index (χ2n) is 4.07. The van der Waals surface area contributed by atoms with Gasteiger partial charge in [-0.2, -0.15) is 5.26 Å². The normalized spacial score (nSPS) is 10.5. The maximum absolute atomic E-state index is 9.18. The van der Waals surface area contributed by atoms with Crippen LogP contribution in [-0.2, 0) is 0 Å². The summed E-state index contributed by atoms with van der Waals surface area (Å²) in [6.45, 7) is 0. The number of fused-ring (bicyclic) bond motifs is 1. The van der Waals surface area contributed by atoms with Crippen LogP contribution in [0.1, 0.15) is 5.56 Å². The molecule has 0 saturated heterocycles. The predicted molar refractivity (Wildman–Crippen MR) is 75.2 cm³/mol. The summed E-state index contributed by atoms with van der Waals surface area (Å²) >= 11 is 6.01. The van der Waals surface area contributed by atoms with Crippen LogP contribution in [0.2, 0.25) is 5.02 Å². The molecule has 19 heavy (non-hydrogen) atoms. The first-order valence-corrected chi connectivity index (χ1v) is 6.01. The first kappa shape index (κ1) is 11.6. The fraction of sp³-hybridized carbons (Fsp3) is 0. The smallest absolute Gasteiger partial charge is 0.205 e. The molecule has 2 aromatic carbocycles. The fourth-order valence-electron chi connectivity index (χ4n) is 2.08. The lowest BCUT2D eigenvalue weighted by atomic mass is 10.2. The van der Waals surface area contributed by atoms with E-state index >= 15 is 0 Å². The summed E-state index contributed by atoms with van der Waals surface area (Å²) in [6.07, 6.45) is 0. The number of nitrogen functional groups attached to an aromatic ring is 1. The molecule has 0 fully saturated rings. The summed E-state index contributed by atoms with van der Waals surface area (Å²) in [5.41, 5.74) is 8.73. The number of halogens is 1. The second kappa shape index (κ2) is 4.30. The van der Waals surface area contributed by atoms with Crippen molar-refractivity contribution in [3.05, 3.63) is 53.1 Å². The summed E-state index contributed by atoms with van der Waals surface area (Å²) in [5, 5.41) is 9.78. The molecule has 0 aliphatic heterocycles. The average molecular weight is 269 g/mol. The highest BCUT2D eigenvalue weighted by Crippen LogP contribution is 2.27. The molecule has 0 unspecified atom stereocenters. The maximum Gasteiger partial charge on any atom is 0.205 e. The largest absolute Gasteiger partial charge is 0.369 e. The molecule has 4 nitrogen and oxygen atoms in total. The van der Waals surface area contributed by atoms with Gasteiger partial charge in [0.25, 0.3) is 0 Å². The number of nitriles is 1. The summed E-state index contributed by atoms with van der Waals surface area (Å²) in [4.78, 5) is 4.28. The second-order valence-corrected chi connectivity index (χ2v) is 4.50. The number of nitrogens with zero attached hydrogens (tertiary/aromatic N) is 3. The van der Waals surface area contributed by atoms with Crippen molar-refractivity contribution in [2.24, 2.45) is 0 Å². The Hall–Kier alpha value is -2.51. The highest BCUT2D eigenvalue weighted by atomic mass is 35.5. The maximum atomic E-state index is 9.18. The van der Waals surface area contributed by atoms with Crippen molar-refractivity contribution in [3.63, 3.8) is 0 Å². The van der Waals surface area contributed by atoms with Gasteiger partial charge < -0.3 is 5.73 Å². The SMILES string of the molecule is N#Cc1ccccc1-n1c(N)nc2ccc(Cl)cc21. The van der Waals surface area contributed by atoms with Gasteiger partial charge in [-0.1, -0.05) is 23.7 Å². The number of hydrogen-bond donors (Lipinski definition) is 1. The Bertz CT molecular complexity index is 814. The van der Waals surface area contributed by atoms with E-state index in [0.717, 1.165) is 11.0 Å². The van der Waals surface area contributed by atoms with Crippen molar-refractivity contribution >= 4 is 28.6 Å². The van der Waals surface area contributed by atoms with Crippen LogP contribution in [0.3, 0.4) is 0 Å². The van der Waals surface area contributed by atoms with Gasteiger partial charge in [-0.25, -0.2) is 4.98 Å². The van der Waals surface area contributed by atoms with E-state index in [2.05, 4.69) is 11.1 Å². The lowest BCUT2D eigenvalue weighted by Gasteiger charge is -2.08. The Morgan fingerprint density at radius 3 is 2.79 bits per heavy atom. The molecule has 2 N–H and O–H groups in total. The molecule has 92 valence electrons. The van der Waals surface area contributed by atoms with Crippen LogP contribution in [0.5, 0.6) is 0 Å². The van der Waals surface area contributed by atoms with E-state index in [0.29, 0.717) is 22.2 Å². The van der Waals surface area contributed by atoms with Gasteiger partial charge in [-0.15, -0.1) is 0 Å². The minimum atomic E-state index is 0.333. The van der Waals surface area contributed by atoms with Crippen LogP contribution < -0.4 is 5.73 Å². The highest BCUT2D eigenvalue weighted by molar-refractivity contribution is 6.31. The molecule has 0 saturated carbocycles. The minimum Gasteiger partial charge on any atom is -0.369 e. The molecular weight excluding hydrogens is 260 g/mol. The third kappa shape index (κ3) is 1.81. The Labute approximate surface area is 114 Å². The van der Waals surface area contributed by atoms with Crippen LogP contribution >= 0.6 is 11.6 Å². The monoisotopic (exact) mass is 268 g/mol. The number of para-hydroxylation sites is 1. The van der Waals surface area contributed by atoms with E-state index in [4.69, 9.17) is 17.3 Å². The number of rotatable bonds is 1. The van der Waals surface area contributed by atoms with Gasteiger partial charge in [0.05, 0.1) is 22.3 Å². The van der Waals surface area contributed by atoms with Crippen molar-refractivity contribution in [1.82, 2.24) is 9.55 Å². The molecule has 5 heteroatoms. The van der Waals surface area contributed by atoms with E-state index in [1.807, 2.05) is 18.2 Å². The fourth-order valence-corrected chi connectivity index (χ4v) is 2.25. The van der Waals surface area contributed by atoms with E-state index < -0.39 is 0 Å². The molecule has 1 heterocycles. The predicted octanol–water partition coefficient (Wildman–Crippen LogP) is 3.13. The van der Waals surface area contributed by atoms with Crippen LogP contribution in [-0.4, -0.2) is 9.55 Å². The Kier molecular flexibility index (Phi) is 2.62. The Morgan fingerprint density at radius 1 is 1.21 bits per heavy atom. The van der Waals surface area contributed by atoms with Crippen LogP contribution in [0.4, 0.5) is 5.95 Å². The van der Waals surface area contributed by atoms with Crippen molar-refractivity contribution in [1.29, 1.82) is 5.26 Å². The van der Waals surface area contributed by atoms with Crippen LogP contribution in [0.15, 0.2) is 42.5 Å². The molecule has 1 aromatic heterocycles. The average Bonchev–Trinajstić information content (AvgIpc) is 2.74. The zero-order valence-corrected chi connectivity index (χ0v) is 10.6. The summed E-state index contributed by atoms with van der Waals surface area (Å²) in [7, 11) is 0. The standard InChI is InChI=1S/C14H9ClN4/c15-10-5-6-11-13(7-10)19(14(17)18-11)12-4-2-1-3-9(12)8-16/h1-7H,(H2,17,18). The van der Waals surface area contributed by atoms with Crippen molar-refractivity contribution in [2.45, 2.75) is 0 Å². The summed E-state index contributed by atoms with van der Waals surface area (Å²) in [6, 6.07) is 14.7. The van der Waals surface area contributed by atoms with E-state index in [1.165, 1.54) is 0 Å². The number of nitrogens with two attached hydrogens (primary N) is 1. The highest BCUT2D eigenvalue weighted by Gasteiger charge is 2.13.